The molecular formula is C22H17Cl2NO8. The van der Waals surface area contributed by atoms with Crippen LogP contribution in [-0.4, -0.2) is 46.4 Å². The fourth-order valence-electron chi connectivity index (χ4n) is 2.97. The predicted molar refractivity (Wildman–Crippen MR) is 120 cm³/mol. The molecule has 0 fully saturated rings. The Balaban J connectivity index is 1.91. The molecule has 0 aliphatic heterocycles. The predicted octanol–water partition coefficient (Wildman–Crippen LogP) is 3.77. The van der Waals surface area contributed by atoms with Crippen LogP contribution in [0.15, 0.2) is 48.5 Å². The molecule has 1 amide bonds. The molecular weight excluding hydrogens is 477 g/mol. The highest BCUT2D eigenvalue weighted by atomic mass is 35.5. The van der Waals surface area contributed by atoms with E-state index in [1.807, 2.05) is 0 Å². The summed E-state index contributed by atoms with van der Waals surface area (Å²) >= 11 is 12.3. The topological polar surface area (TPSA) is 134 Å². The number of benzene rings is 3. The Kier molecular flexibility index (Phi) is 7.72. The minimum atomic E-state index is -1.30. The van der Waals surface area contributed by atoms with E-state index in [9.17, 15) is 24.6 Å². The van der Waals surface area contributed by atoms with Crippen molar-refractivity contribution >= 4 is 57.5 Å². The van der Waals surface area contributed by atoms with Gasteiger partial charge in [-0.3, -0.25) is 9.63 Å². The highest BCUT2D eigenvalue weighted by Gasteiger charge is 2.21. The fourth-order valence-corrected chi connectivity index (χ4v) is 3.57. The first-order valence-electron chi connectivity index (χ1n) is 9.36. The summed E-state index contributed by atoms with van der Waals surface area (Å²) in [7, 11) is 0. The fraction of sp³-hybridized carbons (Fsp3) is 0.136. The Labute approximate surface area is 197 Å². The van der Waals surface area contributed by atoms with Gasteiger partial charge in [0, 0.05) is 10.4 Å². The lowest BCUT2D eigenvalue weighted by atomic mass is 10.1. The maximum atomic E-state index is 12.8. The molecule has 0 aliphatic carbocycles. The number of ether oxygens (including phenoxy) is 1. The molecule has 3 rings (SSSR count). The molecule has 9 nitrogen and oxygen atoms in total. The van der Waals surface area contributed by atoms with E-state index in [-0.39, 0.29) is 33.7 Å². The van der Waals surface area contributed by atoms with Gasteiger partial charge in [-0.05, 0) is 47.3 Å². The standard InChI is InChI=1S/C22H17Cl2NO8/c23-15-6-13-5-14(22(30)31)7-18(21(13)17(24)8-15)32-10-19(27)25(33-11-20(28)29)16-3-1-12(9-26)2-4-16/h1-8,26H,9-11H2,(H,28,29)(H,30,31). The highest BCUT2D eigenvalue weighted by molar-refractivity contribution is 6.39. The number of amides is 1. The summed E-state index contributed by atoms with van der Waals surface area (Å²) in [5, 5.41) is 29.5. The van der Waals surface area contributed by atoms with Crippen molar-refractivity contribution in [3.63, 3.8) is 0 Å². The van der Waals surface area contributed by atoms with Gasteiger partial charge in [-0.1, -0.05) is 35.3 Å². The van der Waals surface area contributed by atoms with E-state index in [2.05, 4.69) is 0 Å². The molecule has 0 spiro atoms. The van der Waals surface area contributed by atoms with Gasteiger partial charge in [0.05, 0.1) is 22.9 Å². The number of carboxylic acid groups (broad SMARTS) is 2. The van der Waals surface area contributed by atoms with Crippen LogP contribution in [0.1, 0.15) is 15.9 Å². The van der Waals surface area contributed by atoms with Crippen LogP contribution in [0.2, 0.25) is 10.0 Å². The first-order chi connectivity index (χ1) is 15.7. The first-order valence-corrected chi connectivity index (χ1v) is 10.1. The van der Waals surface area contributed by atoms with Crippen molar-refractivity contribution in [1.29, 1.82) is 0 Å². The summed E-state index contributed by atoms with van der Waals surface area (Å²) in [6, 6.07) is 11.5. The summed E-state index contributed by atoms with van der Waals surface area (Å²) in [5.41, 5.74) is 0.670. The van der Waals surface area contributed by atoms with E-state index in [1.54, 1.807) is 0 Å². The second-order valence-electron chi connectivity index (χ2n) is 6.73. The summed E-state index contributed by atoms with van der Waals surface area (Å²) in [6.45, 7) is -1.64. The number of hydroxylamine groups is 1. The Morgan fingerprint density at radius 2 is 1.64 bits per heavy atom. The molecule has 33 heavy (non-hydrogen) atoms. The van der Waals surface area contributed by atoms with Crippen LogP contribution < -0.4 is 9.80 Å². The van der Waals surface area contributed by atoms with E-state index in [0.717, 1.165) is 5.06 Å². The number of carbonyl (C=O) groups excluding carboxylic acids is 1. The van der Waals surface area contributed by atoms with Gasteiger partial charge >= 0.3 is 11.9 Å². The Hall–Kier alpha value is -3.37. The summed E-state index contributed by atoms with van der Waals surface area (Å²) < 4.78 is 5.60. The van der Waals surface area contributed by atoms with E-state index in [0.29, 0.717) is 16.3 Å². The number of fused-ring (bicyclic) bond motifs is 1. The Bertz CT molecular complexity index is 1210. The van der Waals surface area contributed by atoms with Gasteiger partial charge in [0.1, 0.15) is 5.75 Å². The lowest BCUT2D eigenvalue weighted by Gasteiger charge is -2.22. The van der Waals surface area contributed by atoms with Gasteiger partial charge in [-0.15, -0.1) is 0 Å². The van der Waals surface area contributed by atoms with Crippen LogP contribution in [0, 0.1) is 0 Å². The summed E-state index contributed by atoms with van der Waals surface area (Å²) in [4.78, 5) is 40.4. The molecule has 0 bridgehead atoms. The number of rotatable bonds is 9. The summed E-state index contributed by atoms with van der Waals surface area (Å²) in [5.74, 6) is -3.27. The molecule has 3 aromatic rings. The third-order valence-electron chi connectivity index (χ3n) is 4.42. The zero-order valence-electron chi connectivity index (χ0n) is 16.8. The number of nitrogens with zero attached hydrogens (tertiary/aromatic N) is 1. The van der Waals surface area contributed by atoms with Crippen LogP contribution in [0.3, 0.4) is 0 Å². The number of anilines is 1. The van der Waals surface area contributed by atoms with Crippen LogP contribution >= 0.6 is 23.2 Å². The van der Waals surface area contributed by atoms with Crippen molar-refractivity contribution in [3.8, 4) is 5.75 Å². The number of hydrogen-bond donors (Lipinski definition) is 3. The Morgan fingerprint density at radius 1 is 0.939 bits per heavy atom. The van der Waals surface area contributed by atoms with E-state index < -0.39 is 31.1 Å². The molecule has 3 aromatic carbocycles. The highest BCUT2D eigenvalue weighted by Crippen LogP contribution is 2.36. The second kappa shape index (κ2) is 10.5. The number of carboxylic acids is 2. The van der Waals surface area contributed by atoms with Gasteiger partial charge in [0.15, 0.2) is 13.2 Å². The summed E-state index contributed by atoms with van der Waals surface area (Å²) in [6.07, 6.45) is 0. The van der Waals surface area contributed by atoms with Crippen molar-refractivity contribution in [2.45, 2.75) is 6.61 Å². The number of aliphatic hydroxyl groups excluding tert-OH is 1. The van der Waals surface area contributed by atoms with Crippen LogP contribution in [0.4, 0.5) is 5.69 Å². The molecule has 0 saturated heterocycles. The monoisotopic (exact) mass is 493 g/mol. The van der Waals surface area contributed by atoms with E-state index >= 15 is 0 Å². The molecule has 3 N–H and O–H groups in total. The van der Waals surface area contributed by atoms with Gasteiger partial charge in [0.25, 0.3) is 5.91 Å². The van der Waals surface area contributed by atoms with E-state index in [1.165, 1.54) is 48.5 Å². The van der Waals surface area contributed by atoms with E-state index in [4.69, 9.17) is 37.9 Å². The van der Waals surface area contributed by atoms with Gasteiger partial charge in [-0.2, -0.15) is 5.06 Å². The van der Waals surface area contributed by atoms with Gasteiger partial charge < -0.3 is 20.1 Å². The van der Waals surface area contributed by atoms with Crippen molar-refractivity contribution in [1.82, 2.24) is 0 Å². The second-order valence-corrected chi connectivity index (χ2v) is 7.58. The van der Waals surface area contributed by atoms with Crippen LogP contribution in [0.5, 0.6) is 5.75 Å². The number of aliphatic hydroxyl groups is 1. The molecule has 0 aromatic heterocycles. The normalized spacial score (nSPS) is 10.8. The van der Waals surface area contributed by atoms with Crippen molar-refractivity contribution in [2.24, 2.45) is 0 Å². The minimum absolute atomic E-state index is 0.0220. The number of halogens is 2. The molecule has 0 saturated carbocycles. The largest absolute Gasteiger partial charge is 0.483 e. The van der Waals surface area contributed by atoms with Crippen molar-refractivity contribution in [2.75, 3.05) is 18.3 Å². The zero-order valence-corrected chi connectivity index (χ0v) is 18.3. The van der Waals surface area contributed by atoms with Gasteiger partial charge in [-0.25, -0.2) is 9.59 Å². The lowest BCUT2D eigenvalue weighted by Crippen LogP contribution is -2.36. The van der Waals surface area contributed by atoms with Crippen molar-refractivity contribution < 1.29 is 39.3 Å². The number of aliphatic carboxylic acids is 1. The van der Waals surface area contributed by atoms with Crippen LogP contribution in [0.25, 0.3) is 10.8 Å². The average molecular weight is 494 g/mol. The third kappa shape index (κ3) is 5.91. The molecule has 0 radical (unpaired) electrons. The maximum Gasteiger partial charge on any atom is 0.335 e. The number of hydrogen-bond acceptors (Lipinski definition) is 6. The molecule has 0 heterocycles. The lowest BCUT2D eigenvalue weighted by molar-refractivity contribution is -0.145. The molecule has 0 aliphatic rings. The quantitative estimate of drug-likeness (QED) is 0.383. The molecule has 11 heteroatoms. The number of carbonyl (C=O) groups is 3. The zero-order chi connectivity index (χ0) is 24.1. The van der Waals surface area contributed by atoms with Crippen molar-refractivity contribution in [3.05, 3.63) is 69.7 Å². The molecule has 0 unspecified atom stereocenters. The third-order valence-corrected chi connectivity index (χ3v) is 4.94. The minimum Gasteiger partial charge on any atom is -0.483 e. The maximum absolute atomic E-state index is 12.8. The Morgan fingerprint density at radius 3 is 2.24 bits per heavy atom. The first kappa shape index (κ1) is 24.3. The molecule has 0 atom stereocenters. The SMILES string of the molecule is O=C(O)CON(C(=O)COc1cc(C(=O)O)cc2cc(Cl)cc(Cl)c12)c1ccc(CO)cc1. The smallest absolute Gasteiger partial charge is 0.335 e. The average Bonchev–Trinajstić information content (AvgIpc) is 2.77. The van der Waals surface area contributed by atoms with Gasteiger partial charge in [0.2, 0.25) is 0 Å². The molecule has 172 valence electrons. The van der Waals surface area contributed by atoms with Crippen LogP contribution in [-0.2, 0) is 21.0 Å². The number of aromatic carboxylic acids is 1.